The topological polar surface area (TPSA) is 53.5 Å². The maximum absolute atomic E-state index is 5.25. The van der Waals surface area contributed by atoms with Crippen molar-refractivity contribution < 1.29 is 4.74 Å². The van der Waals surface area contributed by atoms with E-state index in [1.54, 1.807) is 7.11 Å². The monoisotopic (exact) mass is 389 g/mol. The Morgan fingerprint density at radius 2 is 1.66 bits per heavy atom. The first-order valence-electron chi connectivity index (χ1n) is 10.1. The summed E-state index contributed by atoms with van der Waals surface area (Å²) in [5.41, 5.74) is 2.97. The highest BCUT2D eigenvalue weighted by molar-refractivity contribution is 5.67. The van der Waals surface area contributed by atoms with Gasteiger partial charge >= 0.3 is 0 Å². The fourth-order valence-corrected chi connectivity index (χ4v) is 3.48. The van der Waals surface area contributed by atoms with E-state index in [9.17, 15) is 0 Å². The van der Waals surface area contributed by atoms with Crippen LogP contribution < -0.4 is 15.0 Å². The fourth-order valence-electron chi connectivity index (χ4n) is 3.48. The second kappa shape index (κ2) is 8.92. The summed E-state index contributed by atoms with van der Waals surface area (Å²) in [7, 11) is 1.67. The van der Waals surface area contributed by atoms with Crippen molar-refractivity contribution in [3.8, 4) is 17.0 Å². The smallest absolute Gasteiger partial charge is 0.227 e. The molecule has 0 amide bonds. The third-order valence-electron chi connectivity index (χ3n) is 5.25. The van der Waals surface area contributed by atoms with Crippen LogP contribution in [0.5, 0.6) is 5.75 Å². The van der Waals surface area contributed by atoms with Gasteiger partial charge in [-0.3, -0.25) is 0 Å². The molecule has 2 heterocycles. The maximum atomic E-state index is 5.25. The van der Waals surface area contributed by atoms with Crippen LogP contribution in [0.1, 0.15) is 6.92 Å². The lowest BCUT2D eigenvalue weighted by Crippen LogP contribution is -2.46. The number of nitrogens with one attached hydrogen (secondary N) is 1. The number of hydrogen-bond donors (Lipinski definition) is 1. The van der Waals surface area contributed by atoms with E-state index in [4.69, 9.17) is 14.7 Å². The average molecular weight is 390 g/mol. The number of anilines is 3. The molecule has 0 unspecified atom stereocenters. The molecule has 0 saturated carbocycles. The van der Waals surface area contributed by atoms with Gasteiger partial charge in [-0.2, -0.15) is 4.98 Å². The highest BCUT2D eigenvalue weighted by Gasteiger charge is 2.19. The number of nitrogens with zero attached hydrogens (tertiary/aromatic N) is 4. The lowest BCUT2D eigenvalue weighted by Gasteiger charge is -2.34. The van der Waals surface area contributed by atoms with Gasteiger partial charge in [0, 0.05) is 43.5 Å². The van der Waals surface area contributed by atoms with E-state index in [2.05, 4.69) is 34.2 Å². The third-order valence-corrected chi connectivity index (χ3v) is 5.25. The van der Waals surface area contributed by atoms with Gasteiger partial charge in [0.25, 0.3) is 0 Å². The SMILES string of the molecule is CCN1CCN(c2nc(Nc3ccc(OC)cc3)cc(-c3ccccc3)n2)CC1. The van der Waals surface area contributed by atoms with Crippen molar-refractivity contribution in [1.82, 2.24) is 14.9 Å². The number of ether oxygens (including phenoxy) is 1. The Morgan fingerprint density at radius 1 is 0.931 bits per heavy atom. The molecular weight excluding hydrogens is 362 g/mol. The first-order valence-corrected chi connectivity index (χ1v) is 10.1. The number of likely N-dealkylation sites (N-methyl/N-ethyl adjacent to an activating group) is 1. The molecule has 6 heteroatoms. The molecule has 0 radical (unpaired) electrons. The predicted octanol–water partition coefficient (Wildman–Crippen LogP) is 4.04. The molecular formula is C23H27N5O. The Bertz CT molecular complexity index is 922. The standard InChI is InChI=1S/C23H27N5O/c1-3-27-13-15-28(16-14-27)23-25-21(18-7-5-4-6-8-18)17-22(26-23)24-19-9-11-20(29-2)12-10-19/h4-12,17H,3,13-16H2,1-2H3,(H,24,25,26). The molecule has 0 aliphatic carbocycles. The number of hydrogen-bond acceptors (Lipinski definition) is 6. The van der Waals surface area contributed by atoms with Gasteiger partial charge in [-0.25, -0.2) is 4.98 Å². The van der Waals surface area contributed by atoms with Crippen molar-refractivity contribution in [3.63, 3.8) is 0 Å². The van der Waals surface area contributed by atoms with Crippen LogP contribution in [0, 0.1) is 0 Å². The van der Waals surface area contributed by atoms with Gasteiger partial charge in [0.15, 0.2) is 0 Å². The van der Waals surface area contributed by atoms with Gasteiger partial charge in [-0.15, -0.1) is 0 Å². The fraction of sp³-hybridized carbons (Fsp3) is 0.304. The van der Waals surface area contributed by atoms with E-state index in [0.29, 0.717) is 0 Å². The number of aromatic nitrogens is 2. The average Bonchev–Trinajstić information content (AvgIpc) is 2.80. The Kier molecular flexibility index (Phi) is 5.91. The summed E-state index contributed by atoms with van der Waals surface area (Å²) in [6, 6.07) is 20.1. The molecule has 6 nitrogen and oxygen atoms in total. The van der Waals surface area contributed by atoms with Crippen molar-refractivity contribution in [3.05, 3.63) is 60.7 Å². The molecule has 4 rings (SSSR count). The summed E-state index contributed by atoms with van der Waals surface area (Å²) < 4.78 is 5.25. The lowest BCUT2D eigenvalue weighted by molar-refractivity contribution is 0.270. The molecule has 1 aromatic heterocycles. The van der Waals surface area contributed by atoms with Crippen LogP contribution in [0.4, 0.5) is 17.5 Å². The molecule has 29 heavy (non-hydrogen) atoms. The third kappa shape index (κ3) is 4.66. The highest BCUT2D eigenvalue weighted by Crippen LogP contribution is 2.26. The minimum atomic E-state index is 0.776. The van der Waals surface area contributed by atoms with Crippen LogP contribution >= 0.6 is 0 Å². The first-order chi connectivity index (χ1) is 14.2. The van der Waals surface area contributed by atoms with Gasteiger partial charge in [0.2, 0.25) is 5.95 Å². The molecule has 1 aliphatic rings. The zero-order chi connectivity index (χ0) is 20.1. The van der Waals surface area contributed by atoms with E-state index in [0.717, 1.165) is 67.2 Å². The molecule has 1 N–H and O–H groups in total. The number of piperazine rings is 1. The molecule has 1 aliphatic heterocycles. The van der Waals surface area contributed by atoms with E-state index in [1.807, 2.05) is 48.5 Å². The van der Waals surface area contributed by atoms with Crippen LogP contribution in [0.25, 0.3) is 11.3 Å². The van der Waals surface area contributed by atoms with E-state index in [-0.39, 0.29) is 0 Å². The van der Waals surface area contributed by atoms with Gasteiger partial charge in [-0.1, -0.05) is 37.3 Å². The summed E-state index contributed by atoms with van der Waals surface area (Å²) in [5, 5.41) is 3.42. The second-order valence-electron chi connectivity index (χ2n) is 7.08. The largest absolute Gasteiger partial charge is 0.497 e. The van der Waals surface area contributed by atoms with Crippen LogP contribution in [0.2, 0.25) is 0 Å². The molecule has 3 aromatic rings. The molecule has 1 saturated heterocycles. The van der Waals surface area contributed by atoms with E-state index in [1.165, 1.54) is 0 Å². The molecule has 0 atom stereocenters. The Labute approximate surface area is 172 Å². The van der Waals surface area contributed by atoms with Crippen LogP contribution in [-0.4, -0.2) is 54.7 Å². The number of benzene rings is 2. The second-order valence-corrected chi connectivity index (χ2v) is 7.08. The van der Waals surface area contributed by atoms with Crippen molar-refractivity contribution >= 4 is 17.5 Å². The number of methoxy groups -OCH3 is 1. The summed E-state index contributed by atoms with van der Waals surface area (Å²) in [4.78, 5) is 14.4. The van der Waals surface area contributed by atoms with Gasteiger partial charge in [-0.05, 0) is 30.8 Å². The van der Waals surface area contributed by atoms with Crippen molar-refractivity contribution in [2.75, 3.05) is 50.1 Å². The van der Waals surface area contributed by atoms with Crippen molar-refractivity contribution in [2.24, 2.45) is 0 Å². The minimum absolute atomic E-state index is 0.776. The van der Waals surface area contributed by atoms with Crippen molar-refractivity contribution in [2.45, 2.75) is 6.92 Å². The van der Waals surface area contributed by atoms with E-state index >= 15 is 0 Å². The molecule has 2 aromatic carbocycles. The van der Waals surface area contributed by atoms with Crippen LogP contribution in [0.15, 0.2) is 60.7 Å². The Morgan fingerprint density at radius 3 is 2.31 bits per heavy atom. The molecule has 0 bridgehead atoms. The first kappa shape index (κ1) is 19.2. The quantitative estimate of drug-likeness (QED) is 0.687. The Balaban J connectivity index is 1.64. The number of rotatable bonds is 6. The van der Waals surface area contributed by atoms with Crippen LogP contribution in [0.3, 0.4) is 0 Å². The van der Waals surface area contributed by atoms with E-state index < -0.39 is 0 Å². The zero-order valence-electron chi connectivity index (χ0n) is 17.0. The molecule has 0 spiro atoms. The van der Waals surface area contributed by atoms with Gasteiger partial charge in [0.1, 0.15) is 11.6 Å². The highest BCUT2D eigenvalue weighted by atomic mass is 16.5. The lowest BCUT2D eigenvalue weighted by atomic mass is 10.1. The summed E-state index contributed by atoms with van der Waals surface area (Å²) >= 11 is 0. The predicted molar refractivity (Wildman–Crippen MR) is 118 cm³/mol. The van der Waals surface area contributed by atoms with Crippen molar-refractivity contribution in [1.29, 1.82) is 0 Å². The zero-order valence-corrected chi connectivity index (χ0v) is 17.0. The molecule has 150 valence electrons. The summed E-state index contributed by atoms with van der Waals surface area (Å²) in [5.74, 6) is 2.40. The maximum Gasteiger partial charge on any atom is 0.227 e. The Hall–Kier alpha value is -3.12. The van der Waals surface area contributed by atoms with Gasteiger partial charge < -0.3 is 19.9 Å². The summed E-state index contributed by atoms with van der Waals surface area (Å²) in [6.07, 6.45) is 0. The summed E-state index contributed by atoms with van der Waals surface area (Å²) in [6.45, 7) is 7.25. The van der Waals surface area contributed by atoms with Crippen LogP contribution in [-0.2, 0) is 0 Å². The van der Waals surface area contributed by atoms with Gasteiger partial charge in [0.05, 0.1) is 12.8 Å². The normalized spacial score (nSPS) is 14.6. The molecule has 1 fully saturated rings. The minimum Gasteiger partial charge on any atom is -0.497 e.